The number of aliphatic hydroxyl groups excluding tert-OH is 1. The largest absolute Gasteiger partial charge is 0.394 e. The first kappa shape index (κ1) is 9.12. The van der Waals surface area contributed by atoms with Gasteiger partial charge in [-0.1, -0.05) is 0 Å². The van der Waals surface area contributed by atoms with Gasteiger partial charge in [-0.15, -0.1) is 0 Å². The summed E-state index contributed by atoms with van der Waals surface area (Å²) in [6.07, 6.45) is 0.561. The Bertz CT molecular complexity index is 396. The molecule has 2 aliphatic rings. The van der Waals surface area contributed by atoms with Gasteiger partial charge in [0.1, 0.15) is 11.9 Å². The molecule has 0 amide bonds. The molecule has 0 aliphatic carbocycles. The van der Waals surface area contributed by atoms with Gasteiger partial charge in [-0.05, 0) is 18.2 Å². The van der Waals surface area contributed by atoms with Gasteiger partial charge in [0.25, 0.3) is 0 Å². The lowest BCUT2D eigenvalue weighted by Gasteiger charge is -2.23. The monoisotopic (exact) mass is 209 g/mol. The second-order valence-corrected chi connectivity index (χ2v) is 4.06. The van der Waals surface area contributed by atoms with Crippen molar-refractivity contribution in [3.63, 3.8) is 0 Å². The van der Waals surface area contributed by atoms with Crippen molar-refractivity contribution in [3.8, 4) is 0 Å². The van der Waals surface area contributed by atoms with Gasteiger partial charge >= 0.3 is 0 Å². The first-order chi connectivity index (χ1) is 7.28. The Morgan fingerprint density at radius 1 is 1.53 bits per heavy atom. The Labute approximate surface area is 86.9 Å². The molecule has 3 rings (SSSR count). The molecule has 2 N–H and O–H groups in total. The number of aliphatic hydroxyl groups is 1. The second kappa shape index (κ2) is 3.18. The number of ether oxygens (including phenoxy) is 1. The SMILES string of the molecule is OC[C@@H]1O[C@@H]2C[C@H]1Nc1ccc(F)cc12. The van der Waals surface area contributed by atoms with Crippen molar-refractivity contribution in [1.29, 1.82) is 0 Å². The van der Waals surface area contributed by atoms with E-state index >= 15 is 0 Å². The molecule has 4 heteroatoms. The summed E-state index contributed by atoms with van der Waals surface area (Å²) in [7, 11) is 0. The van der Waals surface area contributed by atoms with Gasteiger partial charge in [0.2, 0.25) is 0 Å². The lowest BCUT2D eigenvalue weighted by atomic mass is 9.96. The highest BCUT2D eigenvalue weighted by atomic mass is 19.1. The predicted octanol–water partition coefficient (Wildman–Crippen LogP) is 1.44. The molecule has 0 spiro atoms. The van der Waals surface area contributed by atoms with Crippen molar-refractivity contribution < 1.29 is 14.2 Å². The van der Waals surface area contributed by atoms with Crippen LogP contribution < -0.4 is 5.32 Å². The molecule has 3 nitrogen and oxygen atoms in total. The third-order valence-corrected chi connectivity index (χ3v) is 3.14. The van der Waals surface area contributed by atoms with Crippen LogP contribution in [-0.2, 0) is 4.74 Å². The van der Waals surface area contributed by atoms with E-state index in [2.05, 4.69) is 5.32 Å². The van der Waals surface area contributed by atoms with Crippen LogP contribution in [0.15, 0.2) is 18.2 Å². The van der Waals surface area contributed by atoms with Gasteiger partial charge in [0, 0.05) is 17.7 Å². The second-order valence-electron chi connectivity index (χ2n) is 4.06. The van der Waals surface area contributed by atoms with E-state index in [1.807, 2.05) is 0 Å². The minimum atomic E-state index is -0.245. The molecule has 3 atom stereocenters. The van der Waals surface area contributed by atoms with Gasteiger partial charge in [-0.2, -0.15) is 0 Å². The van der Waals surface area contributed by atoms with Crippen molar-refractivity contribution in [1.82, 2.24) is 0 Å². The number of hydrogen-bond donors (Lipinski definition) is 2. The molecule has 2 heterocycles. The first-order valence-electron chi connectivity index (χ1n) is 5.10. The number of benzene rings is 1. The van der Waals surface area contributed by atoms with Crippen molar-refractivity contribution in [3.05, 3.63) is 29.6 Å². The summed E-state index contributed by atoms with van der Waals surface area (Å²) in [5.41, 5.74) is 1.79. The molecular weight excluding hydrogens is 197 g/mol. The van der Waals surface area contributed by atoms with Crippen molar-refractivity contribution in [2.45, 2.75) is 24.7 Å². The number of anilines is 1. The molecule has 1 aromatic carbocycles. The Kier molecular flexibility index (Phi) is 1.94. The highest BCUT2D eigenvalue weighted by molar-refractivity contribution is 5.56. The third kappa shape index (κ3) is 1.33. The van der Waals surface area contributed by atoms with E-state index in [-0.39, 0.29) is 30.7 Å². The maximum atomic E-state index is 13.1. The van der Waals surface area contributed by atoms with E-state index < -0.39 is 0 Å². The smallest absolute Gasteiger partial charge is 0.123 e. The highest BCUT2D eigenvalue weighted by Gasteiger charge is 2.40. The lowest BCUT2D eigenvalue weighted by Crippen LogP contribution is -2.32. The van der Waals surface area contributed by atoms with Crippen LogP contribution in [0.3, 0.4) is 0 Å². The van der Waals surface area contributed by atoms with E-state index in [9.17, 15) is 4.39 Å². The van der Waals surface area contributed by atoms with Gasteiger partial charge in [-0.25, -0.2) is 4.39 Å². The first-order valence-corrected chi connectivity index (χ1v) is 5.10. The van der Waals surface area contributed by atoms with Gasteiger partial charge in [-0.3, -0.25) is 0 Å². The summed E-state index contributed by atoms with van der Waals surface area (Å²) in [5.74, 6) is -0.245. The molecule has 0 unspecified atom stereocenters. The molecule has 15 heavy (non-hydrogen) atoms. The molecule has 1 saturated heterocycles. The number of hydrogen-bond acceptors (Lipinski definition) is 3. The van der Waals surface area contributed by atoms with Gasteiger partial charge in [0.15, 0.2) is 0 Å². The van der Waals surface area contributed by atoms with E-state index in [4.69, 9.17) is 9.84 Å². The maximum absolute atomic E-state index is 13.1. The van der Waals surface area contributed by atoms with Crippen LogP contribution in [0, 0.1) is 5.82 Å². The van der Waals surface area contributed by atoms with Crippen LogP contribution in [0.1, 0.15) is 18.1 Å². The minimum Gasteiger partial charge on any atom is -0.394 e. The summed E-state index contributed by atoms with van der Waals surface area (Å²) >= 11 is 0. The standard InChI is InChI=1S/C11H12FNO2/c12-6-1-2-8-7(3-6)10-4-9(13-8)11(5-14)15-10/h1-3,9-11,13-14H,4-5H2/t9-,10-,11+/m1/s1. The Morgan fingerprint density at radius 2 is 2.40 bits per heavy atom. The van der Waals surface area contributed by atoms with Crippen LogP contribution in [-0.4, -0.2) is 23.9 Å². The molecule has 0 radical (unpaired) electrons. The van der Waals surface area contributed by atoms with Gasteiger partial charge in [0.05, 0.1) is 18.8 Å². The topological polar surface area (TPSA) is 41.5 Å². The summed E-state index contributed by atoms with van der Waals surface area (Å²) < 4.78 is 18.7. The fourth-order valence-electron chi connectivity index (χ4n) is 2.40. The maximum Gasteiger partial charge on any atom is 0.123 e. The van der Waals surface area contributed by atoms with Gasteiger partial charge < -0.3 is 15.2 Å². The average molecular weight is 209 g/mol. The van der Waals surface area contributed by atoms with Crippen molar-refractivity contribution in [2.24, 2.45) is 0 Å². The lowest BCUT2D eigenvalue weighted by molar-refractivity contribution is 0.0112. The average Bonchev–Trinajstić information content (AvgIpc) is 2.58. The van der Waals surface area contributed by atoms with Crippen LogP contribution in [0.2, 0.25) is 0 Å². The molecule has 80 valence electrons. The molecular formula is C11H12FNO2. The number of nitrogens with one attached hydrogen (secondary N) is 1. The van der Waals surface area contributed by atoms with Crippen molar-refractivity contribution >= 4 is 5.69 Å². The zero-order valence-corrected chi connectivity index (χ0v) is 8.11. The summed E-state index contributed by atoms with van der Waals surface area (Å²) in [6, 6.07) is 4.82. The molecule has 1 fully saturated rings. The van der Waals surface area contributed by atoms with Crippen LogP contribution in [0.5, 0.6) is 0 Å². The van der Waals surface area contributed by atoms with Crippen LogP contribution in [0.25, 0.3) is 0 Å². The highest BCUT2D eigenvalue weighted by Crippen LogP contribution is 2.42. The Hall–Kier alpha value is -1.13. The minimum absolute atomic E-state index is 0.00460. The van der Waals surface area contributed by atoms with E-state index in [0.29, 0.717) is 0 Å². The molecule has 0 aromatic heterocycles. The van der Waals surface area contributed by atoms with Crippen molar-refractivity contribution in [2.75, 3.05) is 11.9 Å². The predicted molar refractivity (Wildman–Crippen MR) is 53.1 cm³/mol. The summed E-state index contributed by atoms with van der Waals surface area (Å²) in [4.78, 5) is 0. The quantitative estimate of drug-likeness (QED) is 0.735. The fourth-order valence-corrected chi connectivity index (χ4v) is 2.40. The van der Waals surface area contributed by atoms with E-state index in [1.54, 1.807) is 6.07 Å². The molecule has 0 saturated carbocycles. The number of fused-ring (bicyclic) bond motifs is 4. The number of halogens is 1. The van der Waals surface area contributed by atoms with E-state index in [1.165, 1.54) is 12.1 Å². The zero-order valence-electron chi connectivity index (χ0n) is 8.11. The summed E-state index contributed by atoms with van der Waals surface area (Å²) in [6.45, 7) is 0.00460. The molecule has 1 aromatic rings. The summed E-state index contributed by atoms with van der Waals surface area (Å²) in [5, 5.41) is 12.4. The fraction of sp³-hybridized carbons (Fsp3) is 0.455. The molecule has 2 aliphatic heterocycles. The van der Waals surface area contributed by atoms with Crippen LogP contribution >= 0.6 is 0 Å². The Morgan fingerprint density at radius 3 is 3.20 bits per heavy atom. The normalized spacial score (nSPS) is 32.3. The van der Waals surface area contributed by atoms with Crippen LogP contribution in [0.4, 0.5) is 10.1 Å². The third-order valence-electron chi connectivity index (χ3n) is 3.14. The van der Waals surface area contributed by atoms with E-state index in [0.717, 1.165) is 17.7 Å². The molecule has 2 bridgehead atoms. The Balaban J connectivity index is 2.00. The zero-order chi connectivity index (χ0) is 10.4. The number of rotatable bonds is 1.